The summed E-state index contributed by atoms with van der Waals surface area (Å²) in [5.41, 5.74) is 2.53. The van der Waals surface area contributed by atoms with Gasteiger partial charge in [0.1, 0.15) is 12.3 Å². The van der Waals surface area contributed by atoms with Crippen molar-refractivity contribution < 1.29 is 9.53 Å². The molecule has 0 radical (unpaired) electrons. The number of aromatic amines is 1. The van der Waals surface area contributed by atoms with E-state index in [-0.39, 0.29) is 18.5 Å². The van der Waals surface area contributed by atoms with Crippen molar-refractivity contribution in [2.24, 2.45) is 0 Å². The number of hydrogen-bond acceptors (Lipinski definition) is 5. The summed E-state index contributed by atoms with van der Waals surface area (Å²) in [6.45, 7) is 0.0207. The Hall–Kier alpha value is -3.78. The van der Waals surface area contributed by atoms with Crippen LogP contribution < -0.4 is 10.1 Å². The molecule has 1 atom stereocenters. The van der Waals surface area contributed by atoms with Crippen LogP contribution in [0, 0.1) is 4.77 Å². The molecule has 0 fully saturated rings. The quantitative estimate of drug-likeness (QED) is 0.433. The summed E-state index contributed by atoms with van der Waals surface area (Å²) in [6.07, 6.45) is 1.71. The van der Waals surface area contributed by atoms with Crippen LogP contribution >= 0.6 is 12.2 Å². The van der Waals surface area contributed by atoms with Gasteiger partial charge in [-0.3, -0.25) is 19.4 Å². The fourth-order valence-electron chi connectivity index (χ4n) is 3.30. The minimum absolute atomic E-state index is 0.0207. The van der Waals surface area contributed by atoms with Gasteiger partial charge in [-0.05, 0) is 54.2 Å². The first kappa shape index (κ1) is 20.5. The second-order valence-electron chi connectivity index (χ2n) is 6.83. The Balaban J connectivity index is 1.59. The number of methoxy groups -OCH3 is 1. The van der Waals surface area contributed by atoms with Gasteiger partial charge in [-0.2, -0.15) is 5.10 Å². The van der Waals surface area contributed by atoms with Crippen molar-refractivity contribution in [3.8, 4) is 17.1 Å². The summed E-state index contributed by atoms with van der Waals surface area (Å²) in [4.78, 5) is 17.5. The van der Waals surface area contributed by atoms with E-state index in [0.717, 1.165) is 22.6 Å². The highest BCUT2D eigenvalue weighted by Gasteiger charge is 2.19. The molecule has 4 aromatic rings. The van der Waals surface area contributed by atoms with Gasteiger partial charge in [0.2, 0.25) is 5.91 Å². The van der Waals surface area contributed by atoms with Crippen LogP contribution in [0.1, 0.15) is 17.3 Å². The largest absolute Gasteiger partial charge is 0.497 e. The van der Waals surface area contributed by atoms with Crippen LogP contribution in [0.3, 0.4) is 0 Å². The van der Waals surface area contributed by atoms with Crippen molar-refractivity contribution in [2.75, 3.05) is 7.11 Å². The number of nitrogens with zero attached hydrogens (tertiary/aromatic N) is 3. The van der Waals surface area contributed by atoms with E-state index >= 15 is 0 Å². The van der Waals surface area contributed by atoms with Crippen LogP contribution in [0.4, 0.5) is 0 Å². The standard InChI is InChI=1S/C23H21N5O2S/c1-30-18-12-10-17(11-13-18)22-26-27-23(31)28(22)15-20(29)25-21(16-7-3-2-4-8-16)19-9-5-6-14-24-19/h2-14,21H,15H2,1H3,(H,25,29)(H,27,31). The van der Waals surface area contributed by atoms with Gasteiger partial charge in [-0.25, -0.2) is 0 Å². The summed E-state index contributed by atoms with van der Waals surface area (Å²) in [6, 6.07) is 22.4. The molecule has 0 spiro atoms. The summed E-state index contributed by atoms with van der Waals surface area (Å²) in [5.74, 6) is 1.12. The lowest BCUT2D eigenvalue weighted by Gasteiger charge is -2.19. The summed E-state index contributed by atoms with van der Waals surface area (Å²) in [5, 5.41) is 10.2. The third-order valence-corrected chi connectivity index (χ3v) is 5.14. The fraction of sp³-hybridized carbons (Fsp3) is 0.130. The molecule has 0 aliphatic carbocycles. The Kier molecular flexibility index (Phi) is 6.18. The highest BCUT2D eigenvalue weighted by molar-refractivity contribution is 7.71. The lowest BCUT2D eigenvalue weighted by molar-refractivity contribution is -0.122. The van der Waals surface area contributed by atoms with E-state index in [2.05, 4.69) is 20.5 Å². The number of pyridine rings is 1. The molecule has 2 aromatic carbocycles. The predicted octanol–water partition coefficient (Wildman–Crippen LogP) is 3.92. The SMILES string of the molecule is COc1ccc(-c2n[nH]c(=S)n2CC(=O)NC(c2ccccc2)c2ccccn2)cc1. The fourth-order valence-corrected chi connectivity index (χ4v) is 3.49. The van der Waals surface area contributed by atoms with Gasteiger partial charge in [0.05, 0.1) is 18.8 Å². The maximum Gasteiger partial charge on any atom is 0.240 e. The number of rotatable bonds is 7. The zero-order valence-corrected chi connectivity index (χ0v) is 17.7. The monoisotopic (exact) mass is 431 g/mol. The molecule has 4 rings (SSSR count). The molecule has 2 heterocycles. The van der Waals surface area contributed by atoms with E-state index in [0.29, 0.717) is 10.6 Å². The van der Waals surface area contributed by atoms with Crippen molar-refractivity contribution in [3.05, 3.63) is 95.0 Å². The zero-order valence-electron chi connectivity index (χ0n) is 16.9. The normalized spacial score (nSPS) is 11.6. The zero-order chi connectivity index (χ0) is 21.6. The smallest absolute Gasteiger partial charge is 0.240 e. The van der Waals surface area contributed by atoms with Crippen molar-refractivity contribution >= 4 is 18.1 Å². The van der Waals surface area contributed by atoms with Crippen LogP contribution in [-0.2, 0) is 11.3 Å². The molecule has 0 saturated heterocycles. The Morgan fingerprint density at radius 3 is 2.52 bits per heavy atom. The molecule has 0 aliphatic heterocycles. The Morgan fingerprint density at radius 2 is 1.84 bits per heavy atom. The highest BCUT2D eigenvalue weighted by Crippen LogP contribution is 2.22. The van der Waals surface area contributed by atoms with Gasteiger partial charge in [0.15, 0.2) is 10.6 Å². The number of aromatic nitrogens is 4. The summed E-state index contributed by atoms with van der Waals surface area (Å²) < 4.78 is 7.25. The molecule has 31 heavy (non-hydrogen) atoms. The Morgan fingerprint density at radius 1 is 1.10 bits per heavy atom. The predicted molar refractivity (Wildman–Crippen MR) is 120 cm³/mol. The molecular weight excluding hydrogens is 410 g/mol. The minimum Gasteiger partial charge on any atom is -0.497 e. The van der Waals surface area contributed by atoms with Gasteiger partial charge in [-0.1, -0.05) is 36.4 Å². The average Bonchev–Trinajstić information content (AvgIpc) is 3.18. The van der Waals surface area contributed by atoms with Crippen LogP contribution in [-0.4, -0.2) is 32.8 Å². The topological polar surface area (TPSA) is 84.8 Å². The molecule has 7 nitrogen and oxygen atoms in total. The molecule has 2 N–H and O–H groups in total. The van der Waals surface area contributed by atoms with Crippen molar-refractivity contribution in [1.82, 2.24) is 25.1 Å². The third-order valence-electron chi connectivity index (χ3n) is 4.83. The number of carbonyl (C=O) groups excluding carboxylic acids is 1. The van der Waals surface area contributed by atoms with Crippen molar-refractivity contribution in [2.45, 2.75) is 12.6 Å². The number of benzene rings is 2. The molecular formula is C23H21N5O2S. The van der Waals surface area contributed by atoms with Gasteiger partial charge >= 0.3 is 0 Å². The second-order valence-corrected chi connectivity index (χ2v) is 7.22. The summed E-state index contributed by atoms with van der Waals surface area (Å²) >= 11 is 5.37. The number of H-pyrrole nitrogens is 1. The number of carbonyl (C=O) groups is 1. The number of hydrogen-bond donors (Lipinski definition) is 2. The van der Waals surface area contributed by atoms with E-state index in [9.17, 15) is 4.79 Å². The van der Waals surface area contributed by atoms with Gasteiger partial charge in [-0.15, -0.1) is 0 Å². The lowest BCUT2D eigenvalue weighted by atomic mass is 10.0. The van der Waals surface area contributed by atoms with E-state index in [4.69, 9.17) is 17.0 Å². The number of amides is 1. The molecule has 0 saturated carbocycles. The maximum absolute atomic E-state index is 13.0. The first-order chi connectivity index (χ1) is 15.2. The molecule has 156 valence electrons. The molecule has 8 heteroatoms. The highest BCUT2D eigenvalue weighted by atomic mass is 32.1. The van der Waals surface area contributed by atoms with E-state index in [1.165, 1.54) is 0 Å². The van der Waals surface area contributed by atoms with Gasteiger partial charge in [0.25, 0.3) is 0 Å². The molecule has 1 unspecified atom stereocenters. The van der Waals surface area contributed by atoms with E-state index in [1.807, 2.05) is 72.8 Å². The van der Waals surface area contributed by atoms with Crippen LogP contribution in [0.25, 0.3) is 11.4 Å². The lowest BCUT2D eigenvalue weighted by Crippen LogP contribution is -2.33. The molecule has 2 aromatic heterocycles. The molecule has 0 aliphatic rings. The average molecular weight is 432 g/mol. The first-order valence-corrected chi connectivity index (χ1v) is 10.1. The van der Waals surface area contributed by atoms with Crippen LogP contribution in [0.15, 0.2) is 79.0 Å². The van der Waals surface area contributed by atoms with Crippen LogP contribution in [0.5, 0.6) is 5.75 Å². The Labute approximate surface area is 184 Å². The Bertz CT molecular complexity index is 1160. The minimum atomic E-state index is -0.375. The number of nitrogens with one attached hydrogen (secondary N) is 2. The van der Waals surface area contributed by atoms with Gasteiger partial charge < -0.3 is 10.1 Å². The van der Waals surface area contributed by atoms with Crippen molar-refractivity contribution in [1.29, 1.82) is 0 Å². The van der Waals surface area contributed by atoms with E-state index < -0.39 is 0 Å². The van der Waals surface area contributed by atoms with Crippen molar-refractivity contribution in [3.63, 3.8) is 0 Å². The third kappa shape index (κ3) is 4.70. The molecule has 0 bridgehead atoms. The number of ether oxygens (including phenoxy) is 1. The van der Waals surface area contributed by atoms with Crippen LogP contribution in [0.2, 0.25) is 0 Å². The summed E-state index contributed by atoms with van der Waals surface area (Å²) in [7, 11) is 1.61. The molecule has 1 amide bonds. The second kappa shape index (κ2) is 9.36. The maximum atomic E-state index is 13.0. The van der Waals surface area contributed by atoms with Gasteiger partial charge in [0, 0.05) is 11.8 Å². The van der Waals surface area contributed by atoms with E-state index in [1.54, 1.807) is 17.9 Å². The first-order valence-electron chi connectivity index (χ1n) is 9.70.